The van der Waals surface area contributed by atoms with Gasteiger partial charge in [-0.2, -0.15) is 0 Å². The predicted octanol–water partition coefficient (Wildman–Crippen LogP) is 1.62. The van der Waals surface area contributed by atoms with Crippen LogP contribution in [-0.4, -0.2) is 36.4 Å². The maximum Gasteiger partial charge on any atom is 0.183 e. The summed E-state index contributed by atoms with van der Waals surface area (Å²) in [5.41, 5.74) is 7.25. The highest BCUT2D eigenvalue weighted by Crippen LogP contribution is 2.29. The maximum absolute atomic E-state index is 11.3. The van der Waals surface area contributed by atoms with Crippen LogP contribution in [0.5, 0.6) is 0 Å². The van der Waals surface area contributed by atoms with E-state index >= 15 is 0 Å². The van der Waals surface area contributed by atoms with Gasteiger partial charge in [0.2, 0.25) is 0 Å². The number of rotatable bonds is 4. The van der Waals surface area contributed by atoms with Gasteiger partial charge in [0.15, 0.2) is 5.82 Å². The third-order valence-corrected chi connectivity index (χ3v) is 4.26. The van der Waals surface area contributed by atoms with E-state index in [4.69, 9.17) is 5.73 Å². The van der Waals surface area contributed by atoms with Crippen molar-refractivity contribution in [3.05, 3.63) is 22.7 Å². The number of hydrogen-bond acceptors (Lipinski definition) is 5. The molecule has 0 saturated carbocycles. The molecule has 19 heavy (non-hydrogen) atoms. The quantitative estimate of drug-likeness (QED) is 0.852. The van der Waals surface area contributed by atoms with Gasteiger partial charge in [0.25, 0.3) is 0 Å². The van der Waals surface area contributed by atoms with Gasteiger partial charge < -0.3 is 5.73 Å². The SMILES string of the molecule is CC(CS(C)=O)n1nnnc1-c1cc(N)ccc1Br. The molecule has 0 spiro atoms. The molecule has 102 valence electrons. The number of benzene rings is 1. The minimum absolute atomic E-state index is 0.0517. The van der Waals surface area contributed by atoms with Crippen LogP contribution in [-0.2, 0) is 10.8 Å². The van der Waals surface area contributed by atoms with E-state index in [9.17, 15) is 4.21 Å². The van der Waals surface area contributed by atoms with Crippen LogP contribution in [0.15, 0.2) is 22.7 Å². The molecule has 2 atom stereocenters. The van der Waals surface area contributed by atoms with Gasteiger partial charge in [-0.1, -0.05) is 15.9 Å². The van der Waals surface area contributed by atoms with E-state index < -0.39 is 10.8 Å². The molecule has 2 aromatic rings. The molecule has 0 saturated heterocycles. The zero-order valence-electron chi connectivity index (χ0n) is 10.6. The van der Waals surface area contributed by atoms with Gasteiger partial charge in [-0.25, -0.2) is 4.68 Å². The van der Waals surface area contributed by atoms with E-state index in [1.54, 1.807) is 17.0 Å². The first-order chi connectivity index (χ1) is 8.99. The average Bonchev–Trinajstić information content (AvgIpc) is 2.80. The number of nitrogen functional groups attached to an aromatic ring is 1. The maximum atomic E-state index is 11.3. The number of nitrogens with two attached hydrogens (primary N) is 1. The Morgan fingerprint density at radius 3 is 2.95 bits per heavy atom. The molecule has 1 aromatic carbocycles. The first kappa shape index (κ1) is 14.1. The van der Waals surface area contributed by atoms with E-state index in [-0.39, 0.29) is 6.04 Å². The minimum Gasteiger partial charge on any atom is -0.399 e. The van der Waals surface area contributed by atoms with Crippen LogP contribution in [0.1, 0.15) is 13.0 Å². The second kappa shape index (κ2) is 5.79. The molecule has 0 radical (unpaired) electrons. The number of halogens is 1. The van der Waals surface area contributed by atoms with Crippen molar-refractivity contribution >= 4 is 32.4 Å². The third-order valence-electron chi connectivity index (χ3n) is 2.62. The van der Waals surface area contributed by atoms with Crippen LogP contribution >= 0.6 is 15.9 Å². The van der Waals surface area contributed by atoms with Gasteiger partial charge in [0.05, 0.1) is 6.04 Å². The summed E-state index contributed by atoms with van der Waals surface area (Å²) in [6.45, 7) is 1.93. The molecule has 2 N–H and O–H groups in total. The molecule has 8 heteroatoms. The van der Waals surface area contributed by atoms with Crippen molar-refractivity contribution in [2.24, 2.45) is 0 Å². The van der Waals surface area contributed by atoms with Gasteiger partial charge in [0.1, 0.15) is 0 Å². The van der Waals surface area contributed by atoms with Crippen molar-refractivity contribution in [2.75, 3.05) is 17.7 Å². The van der Waals surface area contributed by atoms with Gasteiger partial charge in [-0.05, 0) is 35.5 Å². The molecule has 2 rings (SSSR count). The average molecular weight is 344 g/mol. The van der Waals surface area contributed by atoms with Crippen molar-refractivity contribution < 1.29 is 4.21 Å². The summed E-state index contributed by atoms with van der Waals surface area (Å²) in [5.74, 6) is 1.11. The van der Waals surface area contributed by atoms with E-state index in [1.807, 2.05) is 19.1 Å². The number of nitrogens with zero attached hydrogens (tertiary/aromatic N) is 4. The number of aromatic nitrogens is 4. The Balaban J connectivity index is 2.44. The lowest BCUT2D eigenvalue weighted by Crippen LogP contribution is -2.15. The summed E-state index contributed by atoms with van der Waals surface area (Å²) in [6, 6.07) is 5.41. The summed E-state index contributed by atoms with van der Waals surface area (Å²) in [5, 5.41) is 11.7. The van der Waals surface area contributed by atoms with Crippen LogP contribution in [0, 0.1) is 0 Å². The van der Waals surface area contributed by atoms with Gasteiger partial charge in [-0.3, -0.25) is 4.21 Å². The molecular weight excluding hydrogens is 330 g/mol. The summed E-state index contributed by atoms with van der Waals surface area (Å²) in [4.78, 5) is 0. The summed E-state index contributed by atoms with van der Waals surface area (Å²) >= 11 is 3.46. The Morgan fingerprint density at radius 2 is 2.26 bits per heavy atom. The minimum atomic E-state index is -0.907. The van der Waals surface area contributed by atoms with Crippen molar-refractivity contribution in [1.82, 2.24) is 20.2 Å². The van der Waals surface area contributed by atoms with Crippen molar-refractivity contribution in [1.29, 1.82) is 0 Å². The fourth-order valence-corrected chi connectivity index (χ4v) is 3.04. The predicted molar refractivity (Wildman–Crippen MR) is 79.0 cm³/mol. The van der Waals surface area contributed by atoms with Crippen molar-refractivity contribution in [3.8, 4) is 11.4 Å². The molecule has 0 bridgehead atoms. The number of tetrazole rings is 1. The molecule has 1 heterocycles. The van der Waals surface area contributed by atoms with Gasteiger partial charge in [0, 0.05) is 38.5 Å². The third kappa shape index (κ3) is 3.19. The standard InChI is InChI=1S/C11H14BrN5OS/c1-7(6-19(2)18)17-11(14-15-16-17)9-5-8(13)3-4-10(9)12/h3-5,7H,6,13H2,1-2H3. The van der Waals surface area contributed by atoms with Crippen molar-refractivity contribution in [3.63, 3.8) is 0 Å². The second-order valence-corrected chi connectivity index (χ2v) is 6.61. The lowest BCUT2D eigenvalue weighted by molar-refractivity contribution is 0.521. The molecule has 6 nitrogen and oxygen atoms in total. The highest BCUT2D eigenvalue weighted by molar-refractivity contribution is 9.10. The molecule has 0 fully saturated rings. The van der Waals surface area contributed by atoms with Crippen LogP contribution in [0.25, 0.3) is 11.4 Å². The molecule has 1 aromatic heterocycles. The summed E-state index contributed by atoms with van der Waals surface area (Å²) in [7, 11) is -0.907. The highest BCUT2D eigenvalue weighted by atomic mass is 79.9. The van der Waals surface area contributed by atoms with E-state index in [2.05, 4.69) is 31.5 Å². The Bertz CT molecular complexity index is 615. The number of hydrogen-bond donors (Lipinski definition) is 1. The monoisotopic (exact) mass is 343 g/mol. The molecule has 0 aliphatic carbocycles. The van der Waals surface area contributed by atoms with Crippen LogP contribution in [0.3, 0.4) is 0 Å². The van der Waals surface area contributed by atoms with E-state index in [0.717, 1.165) is 10.0 Å². The second-order valence-electron chi connectivity index (χ2n) is 4.28. The Morgan fingerprint density at radius 1 is 1.53 bits per heavy atom. The summed E-state index contributed by atoms with van der Waals surface area (Å²) < 4.78 is 13.8. The van der Waals surface area contributed by atoms with Gasteiger partial charge in [-0.15, -0.1) is 5.10 Å². The van der Waals surface area contributed by atoms with Gasteiger partial charge >= 0.3 is 0 Å². The molecule has 0 aliphatic heterocycles. The molecule has 0 aliphatic rings. The summed E-state index contributed by atoms with van der Waals surface area (Å²) in [6.07, 6.45) is 1.66. The fraction of sp³-hybridized carbons (Fsp3) is 0.364. The first-order valence-corrected chi connectivity index (χ1v) is 8.14. The zero-order valence-corrected chi connectivity index (χ0v) is 13.0. The largest absolute Gasteiger partial charge is 0.399 e. The Hall–Kier alpha value is -1.28. The number of anilines is 1. The highest BCUT2D eigenvalue weighted by Gasteiger charge is 2.17. The Kier molecular flexibility index (Phi) is 4.31. The lowest BCUT2D eigenvalue weighted by atomic mass is 10.2. The molecular formula is C11H14BrN5OS. The van der Waals surface area contributed by atoms with Crippen LogP contribution in [0.4, 0.5) is 5.69 Å². The molecule has 0 amide bonds. The normalized spacial score (nSPS) is 14.3. The smallest absolute Gasteiger partial charge is 0.183 e. The van der Waals surface area contributed by atoms with Crippen molar-refractivity contribution in [2.45, 2.75) is 13.0 Å². The zero-order chi connectivity index (χ0) is 14.0. The Labute approximate surface area is 122 Å². The lowest BCUT2D eigenvalue weighted by Gasteiger charge is -2.12. The fourth-order valence-electron chi connectivity index (χ4n) is 1.79. The van der Waals surface area contributed by atoms with E-state index in [0.29, 0.717) is 17.3 Å². The topological polar surface area (TPSA) is 86.7 Å². The van der Waals surface area contributed by atoms with Crippen LogP contribution < -0.4 is 5.73 Å². The first-order valence-electron chi connectivity index (χ1n) is 5.62. The molecule has 2 unspecified atom stereocenters. The van der Waals surface area contributed by atoms with E-state index in [1.165, 1.54) is 0 Å². The van der Waals surface area contributed by atoms with Crippen LogP contribution in [0.2, 0.25) is 0 Å².